The van der Waals surface area contributed by atoms with Crippen molar-refractivity contribution in [2.75, 3.05) is 20.3 Å². The Morgan fingerprint density at radius 1 is 1.25 bits per heavy atom. The van der Waals surface area contributed by atoms with E-state index in [-0.39, 0.29) is 23.6 Å². The number of hydrogen-bond acceptors (Lipinski definition) is 6. The predicted molar refractivity (Wildman–Crippen MR) is 152 cm³/mol. The van der Waals surface area contributed by atoms with Gasteiger partial charge in [0.25, 0.3) is 5.91 Å². The smallest absolute Gasteiger partial charge is 0.254 e. The van der Waals surface area contributed by atoms with Gasteiger partial charge in [-0.15, -0.1) is 0 Å². The van der Waals surface area contributed by atoms with Gasteiger partial charge in [0.05, 0.1) is 23.9 Å². The van der Waals surface area contributed by atoms with E-state index in [9.17, 15) is 4.79 Å². The Hall–Kier alpha value is -3.43. The Balaban J connectivity index is 1.24. The van der Waals surface area contributed by atoms with E-state index in [2.05, 4.69) is 26.3 Å². The predicted octanol–water partition coefficient (Wildman–Crippen LogP) is 4.12. The number of hydrogen-bond donors (Lipinski definition) is 1. The average molecular weight is 541 g/mol. The van der Waals surface area contributed by atoms with Crippen LogP contribution >= 0.6 is 0 Å². The highest BCUT2D eigenvalue weighted by atomic mass is 16.5. The van der Waals surface area contributed by atoms with Gasteiger partial charge in [-0.3, -0.25) is 4.79 Å². The van der Waals surface area contributed by atoms with Gasteiger partial charge in [-0.1, -0.05) is 0 Å². The van der Waals surface area contributed by atoms with Crippen LogP contribution in [0.25, 0.3) is 33.6 Å². The number of amides is 1. The maximum Gasteiger partial charge on any atom is 0.254 e. The van der Waals surface area contributed by atoms with Gasteiger partial charge in [0.15, 0.2) is 5.82 Å². The minimum absolute atomic E-state index is 0.0204. The van der Waals surface area contributed by atoms with Gasteiger partial charge < -0.3 is 29.2 Å². The lowest BCUT2D eigenvalue weighted by Gasteiger charge is -2.44. The Labute approximate surface area is 233 Å². The first kappa shape index (κ1) is 24.4. The van der Waals surface area contributed by atoms with Crippen LogP contribution in [0.5, 0.6) is 5.75 Å². The quantitative estimate of drug-likeness (QED) is 0.409. The largest absolute Gasteiger partial charge is 0.494 e. The van der Waals surface area contributed by atoms with E-state index in [1.807, 2.05) is 36.3 Å². The fraction of sp³-hybridized carbons (Fsp3) is 0.516. The number of fused-ring (bicyclic) bond motifs is 4. The van der Waals surface area contributed by atoms with Crippen LogP contribution in [0, 0.1) is 11.8 Å². The summed E-state index contributed by atoms with van der Waals surface area (Å²) in [6.45, 7) is 2.43. The molecule has 1 aromatic carbocycles. The molecule has 3 aromatic heterocycles. The number of carbonyl (C=O) groups excluding carboxylic acids is 1. The minimum atomic E-state index is 0.0204. The molecular formula is C31H36N6O3. The molecule has 2 bridgehead atoms. The second-order valence-electron chi connectivity index (χ2n) is 12.4. The van der Waals surface area contributed by atoms with Crippen LogP contribution in [-0.2, 0) is 18.3 Å². The first-order valence-electron chi connectivity index (χ1n) is 14.6. The highest BCUT2D eigenvalue weighted by molar-refractivity contribution is 6.00. The van der Waals surface area contributed by atoms with E-state index >= 15 is 0 Å². The number of methoxy groups -OCH3 is 1. The van der Waals surface area contributed by atoms with Gasteiger partial charge in [-0.25, -0.2) is 9.97 Å². The number of rotatable bonds is 5. The van der Waals surface area contributed by atoms with Crippen molar-refractivity contribution in [1.82, 2.24) is 24.0 Å². The number of nitrogens with zero attached hydrogens (tertiary/aromatic N) is 5. The summed E-state index contributed by atoms with van der Waals surface area (Å²) in [7, 11) is 3.72. The minimum Gasteiger partial charge on any atom is -0.494 e. The molecule has 2 saturated heterocycles. The Kier molecular flexibility index (Phi) is 5.35. The number of ether oxygens (including phenoxy) is 2. The maximum absolute atomic E-state index is 13.8. The summed E-state index contributed by atoms with van der Waals surface area (Å²) in [6.07, 6.45) is 8.37. The summed E-state index contributed by atoms with van der Waals surface area (Å²) in [5.41, 5.74) is 10.7. The lowest BCUT2D eigenvalue weighted by atomic mass is 9.69. The van der Waals surface area contributed by atoms with E-state index in [1.54, 1.807) is 7.11 Å². The van der Waals surface area contributed by atoms with Crippen LogP contribution in [-0.4, -0.2) is 67.9 Å². The third-order valence-corrected chi connectivity index (χ3v) is 10.2. The molecule has 0 radical (unpaired) electrons. The van der Waals surface area contributed by atoms with E-state index in [1.165, 1.54) is 0 Å². The Morgan fingerprint density at radius 3 is 2.83 bits per heavy atom. The molecule has 2 aliphatic carbocycles. The van der Waals surface area contributed by atoms with Gasteiger partial charge in [0.1, 0.15) is 16.9 Å². The first-order chi connectivity index (χ1) is 19.4. The van der Waals surface area contributed by atoms with Crippen molar-refractivity contribution in [3.63, 3.8) is 0 Å². The van der Waals surface area contributed by atoms with Gasteiger partial charge in [0.2, 0.25) is 0 Å². The molecule has 4 aromatic rings. The monoisotopic (exact) mass is 540 g/mol. The van der Waals surface area contributed by atoms with Crippen molar-refractivity contribution in [2.45, 2.75) is 62.8 Å². The molecular weight excluding hydrogens is 504 g/mol. The summed E-state index contributed by atoms with van der Waals surface area (Å²) in [4.78, 5) is 25.5. The second-order valence-corrected chi connectivity index (χ2v) is 12.4. The van der Waals surface area contributed by atoms with Crippen LogP contribution in [0.15, 0.2) is 36.5 Å². The van der Waals surface area contributed by atoms with Gasteiger partial charge in [0, 0.05) is 56.0 Å². The molecule has 4 aliphatic rings. The zero-order chi connectivity index (χ0) is 27.2. The molecule has 40 heavy (non-hydrogen) atoms. The van der Waals surface area contributed by atoms with Crippen LogP contribution in [0.4, 0.5) is 0 Å². The molecule has 9 heteroatoms. The summed E-state index contributed by atoms with van der Waals surface area (Å²) >= 11 is 0. The molecule has 208 valence electrons. The summed E-state index contributed by atoms with van der Waals surface area (Å²) in [6, 6.07) is 10.2. The van der Waals surface area contributed by atoms with Crippen LogP contribution in [0.1, 0.15) is 48.9 Å². The molecule has 5 heterocycles. The number of piperidine rings is 1. The molecule has 2 saturated carbocycles. The number of benzene rings is 1. The van der Waals surface area contributed by atoms with Gasteiger partial charge >= 0.3 is 0 Å². The fourth-order valence-corrected chi connectivity index (χ4v) is 8.16. The zero-order valence-electron chi connectivity index (χ0n) is 23.2. The van der Waals surface area contributed by atoms with Crippen LogP contribution in [0.2, 0.25) is 0 Å². The average Bonchev–Trinajstić information content (AvgIpc) is 3.77. The summed E-state index contributed by atoms with van der Waals surface area (Å²) in [5, 5.41) is 1.07. The summed E-state index contributed by atoms with van der Waals surface area (Å²) in [5.74, 6) is 2.46. The molecule has 1 amide bonds. The van der Waals surface area contributed by atoms with Crippen LogP contribution in [0.3, 0.4) is 0 Å². The molecule has 3 atom stereocenters. The lowest BCUT2D eigenvalue weighted by molar-refractivity contribution is -0.0939. The SMILES string of the molecule is COc1cc(C(=O)N2CC3CCC2C3N)cc2nc(-c3cc4cccnc4n3C)n(CC3CC4(CCCO4)C3)c12. The summed E-state index contributed by atoms with van der Waals surface area (Å²) < 4.78 is 16.5. The van der Waals surface area contributed by atoms with Crippen molar-refractivity contribution < 1.29 is 14.3 Å². The van der Waals surface area contributed by atoms with E-state index in [4.69, 9.17) is 20.2 Å². The maximum atomic E-state index is 13.8. The van der Waals surface area contributed by atoms with Crippen molar-refractivity contribution in [1.29, 1.82) is 0 Å². The number of aryl methyl sites for hydroxylation is 1. The first-order valence-corrected chi connectivity index (χ1v) is 14.6. The number of pyridine rings is 1. The van der Waals surface area contributed by atoms with Crippen molar-refractivity contribution >= 4 is 28.0 Å². The molecule has 2 N–H and O–H groups in total. The highest BCUT2D eigenvalue weighted by Crippen LogP contribution is 2.49. The molecule has 9 nitrogen and oxygen atoms in total. The van der Waals surface area contributed by atoms with Crippen molar-refractivity contribution in [2.24, 2.45) is 24.6 Å². The van der Waals surface area contributed by atoms with E-state index in [0.29, 0.717) is 23.1 Å². The van der Waals surface area contributed by atoms with Crippen molar-refractivity contribution in [3.05, 3.63) is 42.1 Å². The number of aromatic nitrogens is 4. The van der Waals surface area contributed by atoms with Crippen LogP contribution < -0.4 is 10.5 Å². The topological polar surface area (TPSA) is 100 Å². The zero-order valence-corrected chi connectivity index (χ0v) is 23.2. The number of carbonyl (C=O) groups is 1. The van der Waals surface area contributed by atoms with E-state index in [0.717, 1.165) is 91.8 Å². The van der Waals surface area contributed by atoms with Crippen molar-refractivity contribution in [3.8, 4) is 17.3 Å². The van der Waals surface area contributed by atoms with E-state index < -0.39 is 0 Å². The molecule has 3 unspecified atom stereocenters. The third-order valence-electron chi connectivity index (χ3n) is 10.2. The molecule has 2 aliphatic heterocycles. The third kappa shape index (κ3) is 3.50. The normalized spacial score (nSPS) is 29.2. The van der Waals surface area contributed by atoms with Gasteiger partial charge in [-0.2, -0.15) is 0 Å². The molecule has 8 rings (SSSR count). The second kappa shape index (κ2) is 8.78. The van der Waals surface area contributed by atoms with Gasteiger partial charge in [-0.05, 0) is 80.7 Å². The lowest BCUT2D eigenvalue weighted by Crippen LogP contribution is -2.44. The molecule has 1 spiro atoms. The standard InChI is InChI=1S/C31H36N6O3/c1-35-24(12-19-5-3-9-33-28(19)35)29-34-22-11-21(30(38)36-17-20-6-7-23(36)26(20)32)13-25(39-2)27(22)37(29)16-18-14-31(15-18)8-4-10-40-31/h3,5,9,11-13,18,20,23,26H,4,6-8,10,14-17,32H2,1-2H3. The Morgan fingerprint density at radius 2 is 2.12 bits per heavy atom. The number of nitrogens with two attached hydrogens (primary N) is 1. The number of likely N-dealkylation sites (tertiary alicyclic amines) is 1. The number of imidazole rings is 1. The fourth-order valence-electron chi connectivity index (χ4n) is 8.16. The Bertz CT molecular complexity index is 1640. The molecule has 4 fully saturated rings. The highest BCUT2D eigenvalue weighted by Gasteiger charge is 2.48.